The Labute approximate surface area is 118 Å². The van der Waals surface area contributed by atoms with Gasteiger partial charge in [-0.15, -0.1) is 0 Å². The minimum absolute atomic E-state index is 0.0394. The van der Waals surface area contributed by atoms with Crippen LogP contribution in [0.3, 0.4) is 0 Å². The summed E-state index contributed by atoms with van der Waals surface area (Å²) in [5.41, 5.74) is 2.59. The largest absolute Gasteiger partial charge is 0.369 e. The van der Waals surface area contributed by atoms with E-state index in [0.29, 0.717) is 17.2 Å². The first-order valence-corrected chi connectivity index (χ1v) is 6.45. The molecule has 0 aliphatic heterocycles. The quantitative estimate of drug-likeness (QED) is 0.769. The molecule has 0 heterocycles. The maximum Gasteiger partial charge on any atom is 0.189 e. The molecule has 2 nitrogen and oxygen atoms in total. The van der Waals surface area contributed by atoms with Crippen LogP contribution in [0.15, 0.2) is 48.5 Å². The van der Waals surface area contributed by atoms with Crippen LogP contribution in [0.1, 0.15) is 21.5 Å². The highest BCUT2D eigenvalue weighted by molar-refractivity contribution is 6.34. The third kappa shape index (κ3) is 3.91. The Balaban J connectivity index is 1.91. The number of Topliss-reactive ketones (excluding diaryl/α,β-unsaturated/α-hetero) is 1. The lowest BCUT2D eigenvalue weighted by Crippen LogP contribution is -2.09. The van der Waals surface area contributed by atoms with Gasteiger partial charge in [0.15, 0.2) is 5.78 Å². The lowest BCUT2D eigenvalue weighted by molar-refractivity contribution is 0.0727. The molecular formula is C16H15ClO2. The molecule has 2 aromatic rings. The van der Waals surface area contributed by atoms with E-state index in [9.17, 15) is 4.79 Å². The Kier molecular flexibility index (Phi) is 4.72. The van der Waals surface area contributed by atoms with Crippen molar-refractivity contribution in [2.75, 3.05) is 6.61 Å². The zero-order chi connectivity index (χ0) is 13.7. The first-order chi connectivity index (χ1) is 9.16. The number of halogens is 1. The molecule has 0 amide bonds. The van der Waals surface area contributed by atoms with Gasteiger partial charge in [0, 0.05) is 5.56 Å². The molecule has 0 radical (unpaired) electrons. The molecule has 19 heavy (non-hydrogen) atoms. The summed E-state index contributed by atoms with van der Waals surface area (Å²) in [6.07, 6.45) is 0. The van der Waals surface area contributed by atoms with E-state index < -0.39 is 0 Å². The molecule has 0 saturated heterocycles. The molecule has 0 bridgehead atoms. The Bertz CT molecular complexity index is 564. The average Bonchev–Trinajstić information content (AvgIpc) is 2.39. The van der Waals surface area contributed by atoms with E-state index in [1.165, 1.54) is 0 Å². The van der Waals surface area contributed by atoms with Gasteiger partial charge < -0.3 is 4.74 Å². The van der Waals surface area contributed by atoms with Crippen LogP contribution in [0.2, 0.25) is 5.02 Å². The second-order valence-corrected chi connectivity index (χ2v) is 4.79. The number of carbonyl (C=O) groups is 1. The van der Waals surface area contributed by atoms with Crippen molar-refractivity contribution in [1.82, 2.24) is 0 Å². The van der Waals surface area contributed by atoms with Crippen LogP contribution in [0, 0.1) is 6.92 Å². The number of aryl methyl sites for hydroxylation is 1. The summed E-state index contributed by atoms with van der Waals surface area (Å²) in [6, 6.07) is 15.1. The van der Waals surface area contributed by atoms with Crippen LogP contribution in [0.5, 0.6) is 0 Å². The maximum absolute atomic E-state index is 12.0. The maximum atomic E-state index is 12.0. The number of benzene rings is 2. The minimum atomic E-state index is -0.0964. The normalized spacial score (nSPS) is 10.4. The lowest BCUT2D eigenvalue weighted by atomic mass is 10.1. The van der Waals surface area contributed by atoms with Gasteiger partial charge in [0.25, 0.3) is 0 Å². The molecule has 0 unspecified atom stereocenters. The Morgan fingerprint density at radius 1 is 1.16 bits per heavy atom. The number of ether oxygens (including phenoxy) is 1. The third-order valence-electron chi connectivity index (χ3n) is 2.77. The average molecular weight is 275 g/mol. The molecule has 0 aliphatic carbocycles. The van der Waals surface area contributed by atoms with Crippen molar-refractivity contribution in [3.05, 3.63) is 70.2 Å². The van der Waals surface area contributed by atoms with Crippen molar-refractivity contribution >= 4 is 17.4 Å². The van der Waals surface area contributed by atoms with Gasteiger partial charge in [0.05, 0.1) is 11.6 Å². The highest BCUT2D eigenvalue weighted by Crippen LogP contribution is 2.18. The number of rotatable bonds is 5. The summed E-state index contributed by atoms with van der Waals surface area (Å²) in [5, 5.41) is 0.480. The second kappa shape index (κ2) is 6.50. The van der Waals surface area contributed by atoms with E-state index in [0.717, 1.165) is 11.1 Å². The summed E-state index contributed by atoms with van der Waals surface area (Å²) in [4.78, 5) is 12.0. The monoisotopic (exact) mass is 274 g/mol. The fourth-order valence-electron chi connectivity index (χ4n) is 1.76. The fourth-order valence-corrected chi connectivity index (χ4v) is 2.10. The number of hydrogen-bond donors (Lipinski definition) is 0. The highest BCUT2D eigenvalue weighted by Gasteiger charge is 2.10. The molecule has 3 heteroatoms. The smallest absolute Gasteiger partial charge is 0.189 e. The van der Waals surface area contributed by atoms with Crippen LogP contribution in [0.25, 0.3) is 0 Å². The highest BCUT2D eigenvalue weighted by atomic mass is 35.5. The van der Waals surface area contributed by atoms with Crippen molar-refractivity contribution in [2.24, 2.45) is 0 Å². The van der Waals surface area contributed by atoms with Gasteiger partial charge in [-0.05, 0) is 30.2 Å². The molecular weight excluding hydrogens is 260 g/mol. The topological polar surface area (TPSA) is 26.3 Å². The van der Waals surface area contributed by atoms with E-state index in [4.69, 9.17) is 16.3 Å². The van der Waals surface area contributed by atoms with Gasteiger partial charge in [-0.25, -0.2) is 0 Å². The molecule has 0 saturated carbocycles. The van der Waals surface area contributed by atoms with Crippen molar-refractivity contribution in [2.45, 2.75) is 13.5 Å². The Hall–Kier alpha value is -1.64. The number of ketones is 1. The van der Waals surface area contributed by atoms with Crippen LogP contribution in [0.4, 0.5) is 0 Å². The van der Waals surface area contributed by atoms with Gasteiger partial charge in [-0.2, -0.15) is 0 Å². The summed E-state index contributed by atoms with van der Waals surface area (Å²) in [6.45, 7) is 2.40. The molecule has 2 aromatic carbocycles. The van der Waals surface area contributed by atoms with Gasteiger partial charge in [-0.3, -0.25) is 4.79 Å². The van der Waals surface area contributed by atoms with Crippen molar-refractivity contribution < 1.29 is 9.53 Å². The van der Waals surface area contributed by atoms with Crippen LogP contribution >= 0.6 is 11.6 Å². The lowest BCUT2D eigenvalue weighted by Gasteiger charge is -2.06. The number of carbonyl (C=O) groups excluding carboxylic acids is 1. The van der Waals surface area contributed by atoms with E-state index in [1.807, 2.05) is 43.3 Å². The van der Waals surface area contributed by atoms with Crippen molar-refractivity contribution in [3.63, 3.8) is 0 Å². The molecule has 0 N–H and O–H groups in total. The first-order valence-electron chi connectivity index (χ1n) is 6.08. The second-order valence-electron chi connectivity index (χ2n) is 4.38. The van der Waals surface area contributed by atoms with Gasteiger partial charge in [0.1, 0.15) is 6.61 Å². The predicted molar refractivity (Wildman–Crippen MR) is 76.6 cm³/mol. The van der Waals surface area contributed by atoms with Gasteiger partial charge in [-0.1, -0.05) is 48.0 Å². The first kappa shape index (κ1) is 13.8. The molecule has 0 aromatic heterocycles. The Morgan fingerprint density at radius 3 is 2.58 bits per heavy atom. The van der Waals surface area contributed by atoms with E-state index in [2.05, 4.69) is 0 Å². The van der Waals surface area contributed by atoms with Crippen molar-refractivity contribution in [1.29, 1.82) is 0 Å². The third-order valence-corrected chi connectivity index (χ3v) is 3.08. The van der Waals surface area contributed by atoms with Crippen molar-refractivity contribution in [3.8, 4) is 0 Å². The summed E-state index contributed by atoms with van der Waals surface area (Å²) >= 11 is 6.04. The summed E-state index contributed by atoms with van der Waals surface area (Å²) in [7, 11) is 0. The van der Waals surface area contributed by atoms with Gasteiger partial charge in [0.2, 0.25) is 0 Å². The number of hydrogen-bond acceptors (Lipinski definition) is 2. The molecule has 0 atom stereocenters. The summed E-state index contributed by atoms with van der Waals surface area (Å²) in [5.74, 6) is -0.0964. The fraction of sp³-hybridized carbons (Fsp3) is 0.188. The zero-order valence-electron chi connectivity index (χ0n) is 10.7. The molecule has 0 fully saturated rings. The van der Waals surface area contributed by atoms with E-state index >= 15 is 0 Å². The molecule has 98 valence electrons. The minimum Gasteiger partial charge on any atom is -0.369 e. The summed E-state index contributed by atoms with van der Waals surface area (Å²) < 4.78 is 5.41. The molecule has 0 aliphatic rings. The van der Waals surface area contributed by atoms with Gasteiger partial charge >= 0.3 is 0 Å². The standard InChI is InChI=1S/C16H15ClO2/c1-12-7-8-14(15(17)9-12)16(18)11-19-10-13-5-3-2-4-6-13/h2-9H,10-11H2,1H3. The van der Waals surface area contributed by atoms with E-state index in [1.54, 1.807) is 12.1 Å². The van der Waals surface area contributed by atoms with Crippen LogP contribution in [-0.4, -0.2) is 12.4 Å². The predicted octanol–water partition coefficient (Wildman–Crippen LogP) is 4.05. The SMILES string of the molecule is Cc1ccc(C(=O)COCc2ccccc2)c(Cl)c1. The molecule has 0 spiro atoms. The zero-order valence-corrected chi connectivity index (χ0v) is 11.5. The van der Waals surface area contributed by atoms with E-state index in [-0.39, 0.29) is 12.4 Å². The van der Waals surface area contributed by atoms with Crippen LogP contribution in [-0.2, 0) is 11.3 Å². The van der Waals surface area contributed by atoms with Crippen LogP contribution < -0.4 is 0 Å². The molecule has 2 rings (SSSR count). The Morgan fingerprint density at radius 2 is 1.89 bits per heavy atom.